The van der Waals surface area contributed by atoms with Crippen molar-refractivity contribution in [2.75, 3.05) is 18.5 Å². The zero-order valence-corrected chi connectivity index (χ0v) is 24.2. The first kappa shape index (κ1) is 27.7. The first-order valence-corrected chi connectivity index (χ1v) is 13.6. The lowest BCUT2D eigenvalue weighted by Gasteiger charge is -2.15. The number of carbonyl (C=O) groups is 1. The first-order valence-electron chi connectivity index (χ1n) is 11.7. The summed E-state index contributed by atoms with van der Waals surface area (Å²) in [6.45, 7) is 3.75. The second-order valence-electron chi connectivity index (χ2n) is 7.98. The van der Waals surface area contributed by atoms with Gasteiger partial charge in [0.1, 0.15) is 11.6 Å². The number of halogens is 3. The van der Waals surface area contributed by atoms with E-state index in [1.54, 1.807) is 36.5 Å². The summed E-state index contributed by atoms with van der Waals surface area (Å²) >= 11 is 5.47. The largest absolute Gasteiger partial charge is 0.490 e. The van der Waals surface area contributed by atoms with E-state index in [0.29, 0.717) is 50.4 Å². The molecule has 0 bridgehead atoms. The maximum Gasteiger partial charge on any atom is 0.282 e. The van der Waals surface area contributed by atoms with E-state index in [0.717, 1.165) is 4.47 Å². The molecule has 0 spiro atoms. The molecule has 0 unspecified atom stereocenters. The van der Waals surface area contributed by atoms with E-state index in [1.807, 2.05) is 19.9 Å². The summed E-state index contributed by atoms with van der Waals surface area (Å²) in [5.41, 5.74) is 1.06. The van der Waals surface area contributed by atoms with Crippen LogP contribution in [0, 0.1) is 9.39 Å². The van der Waals surface area contributed by atoms with Gasteiger partial charge in [0, 0.05) is 10.9 Å². The molecule has 0 aliphatic carbocycles. The number of amides is 1. The average molecular weight is 693 g/mol. The van der Waals surface area contributed by atoms with Crippen LogP contribution in [0.1, 0.15) is 25.2 Å². The lowest BCUT2D eigenvalue weighted by atomic mass is 10.2. The van der Waals surface area contributed by atoms with E-state index in [-0.39, 0.29) is 17.9 Å². The minimum Gasteiger partial charge on any atom is -0.490 e. The molecule has 1 heterocycles. The van der Waals surface area contributed by atoms with Crippen molar-refractivity contribution in [3.63, 3.8) is 0 Å². The molecule has 196 valence electrons. The summed E-state index contributed by atoms with van der Waals surface area (Å²) < 4.78 is 28.1. The van der Waals surface area contributed by atoms with Crippen LogP contribution in [0.3, 0.4) is 0 Å². The highest BCUT2D eigenvalue weighted by Gasteiger charge is 2.15. The number of rotatable bonds is 9. The van der Waals surface area contributed by atoms with Crippen molar-refractivity contribution in [3.8, 4) is 11.5 Å². The topological polar surface area (TPSA) is 94.8 Å². The highest BCUT2D eigenvalue weighted by molar-refractivity contribution is 14.1. The molecule has 0 radical (unpaired) electrons. The lowest BCUT2D eigenvalue weighted by Crippen LogP contribution is -2.22. The van der Waals surface area contributed by atoms with Crippen LogP contribution in [0.25, 0.3) is 10.9 Å². The molecular weight excluding hydrogens is 670 g/mol. The van der Waals surface area contributed by atoms with Crippen molar-refractivity contribution >= 4 is 67.2 Å². The van der Waals surface area contributed by atoms with Gasteiger partial charge in [-0.1, -0.05) is 35.0 Å². The molecular formula is C27H23BrFIN4O4. The third kappa shape index (κ3) is 6.38. The van der Waals surface area contributed by atoms with E-state index in [2.05, 4.69) is 53.9 Å². The van der Waals surface area contributed by atoms with Gasteiger partial charge in [-0.2, -0.15) is 9.78 Å². The van der Waals surface area contributed by atoms with Crippen LogP contribution < -0.4 is 20.3 Å². The van der Waals surface area contributed by atoms with Gasteiger partial charge in [-0.25, -0.2) is 9.37 Å². The van der Waals surface area contributed by atoms with Crippen LogP contribution in [0.5, 0.6) is 11.5 Å². The SMILES string of the molecule is CCOc1cc(C=Nn2c(CC)nc3ccc(Br)cc3c2=O)cc(I)c1OCC(=O)Nc1ccccc1F. The quantitative estimate of drug-likeness (QED) is 0.178. The van der Waals surface area contributed by atoms with Crippen molar-refractivity contribution < 1.29 is 18.7 Å². The van der Waals surface area contributed by atoms with Gasteiger partial charge >= 0.3 is 0 Å². The molecule has 0 saturated carbocycles. The standard InChI is InChI=1S/C27H23BrFIN4O4/c1-3-24-32-21-10-9-17(28)13-18(21)27(36)34(24)31-14-16-11-20(30)26(23(12-16)37-4-2)38-15-25(35)33-22-8-6-5-7-19(22)29/h5-14H,3-4,15H2,1-2H3,(H,33,35). The molecule has 8 nitrogen and oxygen atoms in total. The van der Waals surface area contributed by atoms with Gasteiger partial charge in [0.15, 0.2) is 18.1 Å². The third-order valence-electron chi connectivity index (χ3n) is 5.34. The Morgan fingerprint density at radius 2 is 1.97 bits per heavy atom. The Morgan fingerprint density at radius 1 is 1.18 bits per heavy atom. The number of benzene rings is 3. The predicted octanol–water partition coefficient (Wildman–Crippen LogP) is 5.76. The number of aromatic nitrogens is 2. The van der Waals surface area contributed by atoms with Crippen LogP contribution >= 0.6 is 38.5 Å². The zero-order chi connectivity index (χ0) is 27.2. The molecule has 11 heteroatoms. The monoisotopic (exact) mass is 692 g/mol. The minimum atomic E-state index is -0.534. The Morgan fingerprint density at radius 3 is 2.71 bits per heavy atom. The van der Waals surface area contributed by atoms with Crippen LogP contribution in [0.2, 0.25) is 0 Å². The minimum absolute atomic E-state index is 0.0737. The van der Waals surface area contributed by atoms with Gasteiger partial charge in [-0.15, -0.1) is 0 Å². The fourth-order valence-corrected chi connectivity index (χ4v) is 4.76. The highest BCUT2D eigenvalue weighted by atomic mass is 127. The summed E-state index contributed by atoms with van der Waals surface area (Å²) in [6, 6.07) is 14.7. The van der Waals surface area contributed by atoms with Gasteiger partial charge < -0.3 is 14.8 Å². The van der Waals surface area contributed by atoms with Crippen molar-refractivity contribution in [2.24, 2.45) is 5.10 Å². The van der Waals surface area contributed by atoms with E-state index in [4.69, 9.17) is 9.47 Å². The van der Waals surface area contributed by atoms with Gasteiger partial charge in [0.25, 0.3) is 11.5 Å². The van der Waals surface area contributed by atoms with Crippen LogP contribution in [-0.4, -0.2) is 35.0 Å². The third-order valence-corrected chi connectivity index (χ3v) is 6.64. The van der Waals surface area contributed by atoms with E-state index in [9.17, 15) is 14.0 Å². The molecule has 0 fully saturated rings. The predicted molar refractivity (Wildman–Crippen MR) is 157 cm³/mol. The van der Waals surface area contributed by atoms with Crippen LogP contribution in [-0.2, 0) is 11.2 Å². The van der Waals surface area contributed by atoms with Gasteiger partial charge in [-0.3, -0.25) is 9.59 Å². The van der Waals surface area contributed by atoms with E-state index in [1.165, 1.54) is 22.9 Å². The number of nitrogens with one attached hydrogen (secondary N) is 1. The highest BCUT2D eigenvalue weighted by Crippen LogP contribution is 2.34. The molecule has 4 aromatic rings. The van der Waals surface area contributed by atoms with E-state index >= 15 is 0 Å². The summed E-state index contributed by atoms with van der Waals surface area (Å²) in [6.07, 6.45) is 2.06. The van der Waals surface area contributed by atoms with Crippen LogP contribution in [0.15, 0.2) is 69.0 Å². The number of nitrogens with zero attached hydrogens (tertiary/aromatic N) is 3. The number of ether oxygens (including phenoxy) is 2. The molecule has 4 rings (SSSR count). The number of fused-ring (bicyclic) bond motifs is 1. The molecule has 3 aromatic carbocycles. The molecule has 0 aliphatic rings. The Balaban J connectivity index is 1.59. The smallest absolute Gasteiger partial charge is 0.282 e. The Kier molecular flexibility index (Phi) is 9.10. The Hall–Kier alpha value is -3.32. The molecule has 0 atom stereocenters. The molecule has 0 aliphatic heterocycles. The van der Waals surface area contributed by atoms with Crippen molar-refractivity contribution in [3.05, 3.63) is 90.2 Å². The molecule has 1 aromatic heterocycles. The fraction of sp³-hybridized carbons (Fsp3) is 0.185. The molecule has 1 N–H and O–H groups in total. The maximum absolute atomic E-state index is 13.8. The number of anilines is 1. The Labute approximate surface area is 240 Å². The van der Waals surface area contributed by atoms with E-state index < -0.39 is 11.7 Å². The number of para-hydroxylation sites is 1. The zero-order valence-electron chi connectivity index (χ0n) is 20.5. The summed E-state index contributed by atoms with van der Waals surface area (Å²) in [5.74, 6) is 0.260. The molecule has 1 amide bonds. The van der Waals surface area contributed by atoms with Crippen molar-refractivity contribution in [2.45, 2.75) is 20.3 Å². The average Bonchev–Trinajstić information content (AvgIpc) is 2.89. The number of carbonyl (C=O) groups excluding carboxylic acids is 1. The number of hydrogen-bond acceptors (Lipinski definition) is 6. The lowest BCUT2D eigenvalue weighted by molar-refractivity contribution is -0.118. The molecule has 0 saturated heterocycles. The number of aryl methyl sites for hydroxylation is 1. The van der Waals surface area contributed by atoms with Crippen molar-refractivity contribution in [1.82, 2.24) is 9.66 Å². The Bertz CT molecular complexity index is 1590. The summed E-state index contributed by atoms with van der Waals surface area (Å²) in [5, 5.41) is 7.37. The summed E-state index contributed by atoms with van der Waals surface area (Å²) in [7, 11) is 0. The van der Waals surface area contributed by atoms with Crippen LogP contribution in [0.4, 0.5) is 10.1 Å². The van der Waals surface area contributed by atoms with Gasteiger partial charge in [0.2, 0.25) is 0 Å². The second kappa shape index (κ2) is 12.5. The number of hydrogen-bond donors (Lipinski definition) is 1. The summed E-state index contributed by atoms with van der Waals surface area (Å²) in [4.78, 5) is 30.1. The normalized spacial score (nSPS) is 11.2. The van der Waals surface area contributed by atoms with Gasteiger partial charge in [0.05, 0.1) is 33.0 Å². The first-order chi connectivity index (χ1) is 18.3. The fourth-order valence-electron chi connectivity index (χ4n) is 3.62. The van der Waals surface area contributed by atoms with Gasteiger partial charge in [-0.05, 0) is 77.5 Å². The maximum atomic E-state index is 13.8. The molecule has 38 heavy (non-hydrogen) atoms. The van der Waals surface area contributed by atoms with Crippen molar-refractivity contribution in [1.29, 1.82) is 0 Å². The second-order valence-corrected chi connectivity index (χ2v) is 10.1.